The summed E-state index contributed by atoms with van der Waals surface area (Å²) in [4.78, 5) is 42.1. The van der Waals surface area contributed by atoms with Crippen LogP contribution in [-0.4, -0.2) is 22.0 Å². The number of nitrogen functional groups attached to an aromatic ring is 1. The van der Waals surface area contributed by atoms with Crippen LogP contribution in [0.4, 0.5) is 11.5 Å². The van der Waals surface area contributed by atoms with E-state index in [4.69, 9.17) is 10.2 Å². The molecule has 0 saturated heterocycles. The lowest BCUT2D eigenvalue weighted by Crippen LogP contribution is -2.43. The number of carbonyl (C=O) groups is 1. The zero-order valence-electron chi connectivity index (χ0n) is 18.5. The predicted octanol–water partition coefficient (Wildman–Crippen LogP) is 3.21. The van der Waals surface area contributed by atoms with Gasteiger partial charge in [0.2, 0.25) is 5.91 Å². The fourth-order valence-corrected chi connectivity index (χ4v) is 3.65. The van der Waals surface area contributed by atoms with Crippen LogP contribution >= 0.6 is 0 Å². The minimum atomic E-state index is -0.656. The molecule has 0 aliphatic rings. The molecule has 0 spiro atoms. The molecule has 1 amide bonds. The molecule has 0 saturated carbocycles. The van der Waals surface area contributed by atoms with Crippen molar-refractivity contribution < 1.29 is 9.21 Å². The standard InChI is InChI=1S/C23H30N4O4/c1-5-6-9-26-21(24)20(22(29)25-23(26)30)27(12-14(2)3)19(28)11-16-13-31-18-10-15(4)7-8-17(16)18/h7-8,10,13-14H,5-6,9,11-12,24H2,1-4H3,(H,25,29,30). The molecule has 8 nitrogen and oxygen atoms in total. The summed E-state index contributed by atoms with van der Waals surface area (Å²) in [6.45, 7) is 8.55. The topological polar surface area (TPSA) is 114 Å². The van der Waals surface area contributed by atoms with Crippen LogP contribution in [0.25, 0.3) is 11.0 Å². The monoisotopic (exact) mass is 426 g/mol. The fraction of sp³-hybridized carbons (Fsp3) is 0.435. The highest BCUT2D eigenvalue weighted by Gasteiger charge is 2.26. The van der Waals surface area contributed by atoms with E-state index in [0.717, 1.165) is 29.4 Å². The van der Waals surface area contributed by atoms with Gasteiger partial charge in [-0.2, -0.15) is 0 Å². The second-order valence-corrected chi connectivity index (χ2v) is 8.33. The number of fused-ring (bicyclic) bond motifs is 1. The first kappa shape index (κ1) is 22.4. The van der Waals surface area contributed by atoms with E-state index in [0.29, 0.717) is 18.7 Å². The molecule has 2 aromatic heterocycles. The first-order valence-electron chi connectivity index (χ1n) is 10.6. The Balaban J connectivity index is 2.02. The zero-order chi connectivity index (χ0) is 22.7. The molecule has 0 bridgehead atoms. The van der Waals surface area contributed by atoms with Crippen LogP contribution in [0.5, 0.6) is 0 Å². The number of nitrogens with one attached hydrogen (secondary N) is 1. The number of amides is 1. The van der Waals surface area contributed by atoms with Crippen LogP contribution in [0.2, 0.25) is 0 Å². The number of hydrogen-bond acceptors (Lipinski definition) is 5. The molecule has 0 fully saturated rings. The Morgan fingerprint density at radius 1 is 1.29 bits per heavy atom. The highest BCUT2D eigenvalue weighted by atomic mass is 16.3. The lowest BCUT2D eigenvalue weighted by Gasteiger charge is -2.26. The van der Waals surface area contributed by atoms with Crippen molar-refractivity contribution in [1.29, 1.82) is 0 Å². The van der Waals surface area contributed by atoms with Crippen molar-refractivity contribution >= 4 is 28.4 Å². The molecule has 0 atom stereocenters. The smallest absolute Gasteiger partial charge is 0.330 e. The van der Waals surface area contributed by atoms with Gasteiger partial charge in [0.25, 0.3) is 5.56 Å². The van der Waals surface area contributed by atoms with Crippen molar-refractivity contribution in [3.05, 3.63) is 56.4 Å². The zero-order valence-corrected chi connectivity index (χ0v) is 18.5. The summed E-state index contributed by atoms with van der Waals surface area (Å²) in [5.41, 5.74) is 7.57. The number of anilines is 2. The van der Waals surface area contributed by atoms with E-state index in [2.05, 4.69) is 4.98 Å². The lowest BCUT2D eigenvalue weighted by atomic mass is 10.1. The van der Waals surface area contributed by atoms with Gasteiger partial charge in [0.15, 0.2) is 5.69 Å². The second-order valence-electron chi connectivity index (χ2n) is 8.33. The van der Waals surface area contributed by atoms with Crippen LogP contribution in [0.3, 0.4) is 0 Å². The van der Waals surface area contributed by atoms with Gasteiger partial charge in [0.1, 0.15) is 11.4 Å². The van der Waals surface area contributed by atoms with Crippen molar-refractivity contribution in [3.63, 3.8) is 0 Å². The van der Waals surface area contributed by atoms with Crippen LogP contribution in [0.1, 0.15) is 44.7 Å². The molecular formula is C23H30N4O4. The van der Waals surface area contributed by atoms with Crippen molar-refractivity contribution in [2.24, 2.45) is 5.92 Å². The third-order valence-corrected chi connectivity index (χ3v) is 5.22. The number of aromatic amines is 1. The van der Waals surface area contributed by atoms with Gasteiger partial charge in [-0.05, 0) is 30.9 Å². The molecule has 0 unspecified atom stereocenters. The number of nitrogens with zero attached hydrogens (tertiary/aromatic N) is 2. The number of aryl methyl sites for hydroxylation is 1. The Labute approximate surface area is 180 Å². The van der Waals surface area contributed by atoms with E-state index in [1.165, 1.54) is 9.47 Å². The maximum Gasteiger partial charge on any atom is 0.330 e. The van der Waals surface area contributed by atoms with E-state index in [9.17, 15) is 14.4 Å². The van der Waals surface area contributed by atoms with Crippen LogP contribution < -0.4 is 21.9 Å². The normalized spacial score (nSPS) is 11.4. The van der Waals surface area contributed by atoms with Gasteiger partial charge in [-0.1, -0.05) is 39.3 Å². The lowest BCUT2D eigenvalue weighted by molar-refractivity contribution is -0.118. The number of aromatic nitrogens is 2. The van der Waals surface area contributed by atoms with Gasteiger partial charge in [-0.15, -0.1) is 0 Å². The molecule has 0 radical (unpaired) electrons. The minimum absolute atomic E-state index is 0.0175. The molecule has 8 heteroatoms. The Morgan fingerprint density at radius 3 is 2.71 bits per heavy atom. The van der Waals surface area contributed by atoms with Crippen LogP contribution in [0, 0.1) is 12.8 Å². The van der Waals surface area contributed by atoms with Crippen molar-refractivity contribution in [2.75, 3.05) is 17.2 Å². The van der Waals surface area contributed by atoms with Crippen LogP contribution in [0.15, 0.2) is 38.5 Å². The predicted molar refractivity (Wildman–Crippen MR) is 122 cm³/mol. The van der Waals surface area contributed by atoms with E-state index >= 15 is 0 Å². The van der Waals surface area contributed by atoms with Crippen molar-refractivity contribution in [2.45, 2.75) is 53.5 Å². The van der Waals surface area contributed by atoms with E-state index in [1.807, 2.05) is 45.9 Å². The molecule has 0 aliphatic carbocycles. The number of H-pyrrole nitrogens is 1. The average Bonchev–Trinajstić information content (AvgIpc) is 3.08. The molecule has 3 rings (SSSR count). The Kier molecular flexibility index (Phi) is 6.68. The molecule has 3 aromatic rings. The maximum atomic E-state index is 13.4. The van der Waals surface area contributed by atoms with Crippen molar-refractivity contribution in [1.82, 2.24) is 9.55 Å². The summed E-state index contributed by atoms with van der Waals surface area (Å²) in [6, 6.07) is 5.81. The summed E-state index contributed by atoms with van der Waals surface area (Å²) < 4.78 is 6.95. The van der Waals surface area contributed by atoms with Gasteiger partial charge in [-0.25, -0.2) is 4.79 Å². The average molecular weight is 427 g/mol. The van der Waals surface area contributed by atoms with Gasteiger partial charge >= 0.3 is 5.69 Å². The summed E-state index contributed by atoms with van der Waals surface area (Å²) in [7, 11) is 0. The third kappa shape index (κ3) is 4.73. The number of unbranched alkanes of at least 4 members (excludes halogenated alkanes) is 1. The number of carbonyl (C=O) groups excluding carboxylic acids is 1. The highest BCUT2D eigenvalue weighted by Crippen LogP contribution is 2.25. The Hall–Kier alpha value is -3.29. The third-order valence-electron chi connectivity index (χ3n) is 5.22. The van der Waals surface area contributed by atoms with Gasteiger partial charge < -0.3 is 15.1 Å². The molecule has 0 aliphatic heterocycles. The molecule has 31 heavy (non-hydrogen) atoms. The summed E-state index contributed by atoms with van der Waals surface area (Å²) >= 11 is 0. The summed E-state index contributed by atoms with van der Waals surface area (Å²) in [5, 5.41) is 0.859. The number of rotatable bonds is 8. The molecular weight excluding hydrogens is 396 g/mol. The number of benzene rings is 1. The molecule has 2 heterocycles. The second kappa shape index (κ2) is 9.24. The first-order chi connectivity index (χ1) is 14.7. The van der Waals surface area contributed by atoms with E-state index in [-0.39, 0.29) is 29.8 Å². The minimum Gasteiger partial charge on any atom is -0.464 e. The fourth-order valence-electron chi connectivity index (χ4n) is 3.65. The quantitative estimate of drug-likeness (QED) is 0.574. The number of hydrogen-bond donors (Lipinski definition) is 2. The van der Waals surface area contributed by atoms with E-state index in [1.54, 1.807) is 6.26 Å². The van der Waals surface area contributed by atoms with Gasteiger partial charge in [-0.3, -0.25) is 19.1 Å². The van der Waals surface area contributed by atoms with Crippen molar-refractivity contribution in [3.8, 4) is 0 Å². The Morgan fingerprint density at radius 2 is 2.03 bits per heavy atom. The van der Waals surface area contributed by atoms with Gasteiger partial charge in [0, 0.05) is 24.0 Å². The number of nitrogens with two attached hydrogens (primary N) is 1. The van der Waals surface area contributed by atoms with E-state index < -0.39 is 11.2 Å². The largest absolute Gasteiger partial charge is 0.464 e. The Bertz CT molecular complexity index is 1200. The summed E-state index contributed by atoms with van der Waals surface area (Å²) in [5.74, 6) is -0.179. The molecule has 1 aromatic carbocycles. The molecule has 3 N–H and O–H groups in total. The summed E-state index contributed by atoms with van der Waals surface area (Å²) in [6.07, 6.45) is 3.22. The first-order valence-corrected chi connectivity index (χ1v) is 10.6. The SMILES string of the molecule is CCCCn1c(N)c(N(CC(C)C)C(=O)Cc2coc3cc(C)ccc23)c(=O)[nH]c1=O. The molecule has 166 valence electrons. The number of furan rings is 1. The van der Waals surface area contributed by atoms with Crippen LogP contribution in [-0.2, 0) is 17.8 Å². The van der Waals surface area contributed by atoms with Gasteiger partial charge in [0.05, 0.1) is 12.7 Å². The maximum absolute atomic E-state index is 13.4. The highest BCUT2D eigenvalue weighted by molar-refractivity contribution is 5.98.